The van der Waals surface area contributed by atoms with Crippen LogP contribution in [-0.4, -0.2) is 34.6 Å². The van der Waals surface area contributed by atoms with Gasteiger partial charge in [-0.15, -0.1) is 0 Å². The normalized spacial score (nSPS) is 24.0. The first-order valence-corrected chi connectivity index (χ1v) is 8.11. The number of amides is 1. The van der Waals surface area contributed by atoms with Gasteiger partial charge in [-0.3, -0.25) is 4.79 Å². The van der Waals surface area contributed by atoms with Gasteiger partial charge in [0.2, 0.25) is 5.91 Å². The highest BCUT2D eigenvalue weighted by Gasteiger charge is 2.45. The van der Waals surface area contributed by atoms with Gasteiger partial charge in [0, 0.05) is 13.1 Å². The van der Waals surface area contributed by atoms with E-state index >= 15 is 0 Å². The number of piperidine rings is 1. The summed E-state index contributed by atoms with van der Waals surface area (Å²) in [5, 5.41) is 10.1. The van der Waals surface area contributed by atoms with Crippen LogP contribution in [0.2, 0.25) is 0 Å². The van der Waals surface area contributed by atoms with E-state index < -0.39 is 5.60 Å². The molecule has 3 heteroatoms. The highest BCUT2D eigenvalue weighted by Crippen LogP contribution is 2.43. The number of carbonyl (C=O) groups excluding carboxylic acids is 1. The van der Waals surface area contributed by atoms with E-state index in [1.54, 1.807) is 0 Å². The zero-order valence-corrected chi connectivity index (χ0v) is 12.8. The Morgan fingerprint density at radius 3 is 2.19 bits per heavy atom. The first kappa shape index (κ1) is 14.6. The van der Waals surface area contributed by atoms with E-state index in [0.717, 1.165) is 25.7 Å². The predicted octanol–water partition coefficient (Wildman–Crippen LogP) is 2.87. The van der Waals surface area contributed by atoms with Gasteiger partial charge in [-0.25, -0.2) is 0 Å². The molecule has 3 rings (SSSR count). The van der Waals surface area contributed by atoms with Crippen LogP contribution in [0.3, 0.4) is 0 Å². The Bertz CT molecular complexity index is 493. The first-order chi connectivity index (χ1) is 10.0. The van der Waals surface area contributed by atoms with Crippen molar-refractivity contribution in [2.75, 3.05) is 13.1 Å². The summed E-state index contributed by atoms with van der Waals surface area (Å²) in [4.78, 5) is 15.2. The molecule has 0 aromatic heterocycles. The molecule has 0 unspecified atom stereocenters. The molecule has 1 aromatic rings. The average Bonchev–Trinajstić information content (AvgIpc) is 2.98. The molecule has 0 bridgehead atoms. The molecule has 0 radical (unpaired) electrons. The zero-order valence-electron chi connectivity index (χ0n) is 12.8. The van der Waals surface area contributed by atoms with Crippen LogP contribution in [0.4, 0.5) is 0 Å². The number of hydrogen-bond donors (Lipinski definition) is 1. The molecule has 114 valence electrons. The van der Waals surface area contributed by atoms with E-state index in [9.17, 15) is 9.90 Å². The SMILES string of the molecule is CC1(O)CCN(C(=O)C2(c3ccccc3)CCCC2)CC1. The number of aliphatic hydroxyl groups is 1. The van der Waals surface area contributed by atoms with Crippen molar-refractivity contribution in [1.29, 1.82) is 0 Å². The lowest BCUT2D eigenvalue weighted by Gasteiger charge is -2.40. The highest BCUT2D eigenvalue weighted by atomic mass is 16.3. The third-order valence-electron chi connectivity index (χ3n) is 5.32. The summed E-state index contributed by atoms with van der Waals surface area (Å²) in [5.74, 6) is 0.279. The molecule has 21 heavy (non-hydrogen) atoms. The van der Waals surface area contributed by atoms with Crippen molar-refractivity contribution in [3.8, 4) is 0 Å². The number of hydrogen-bond acceptors (Lipinski definition) is 2. The van der Waals surface area contributed by atoms with Crippen LogP contribution in [0.1, 0.15) is 51.0 Å². The molecule has 1 amide bonds. The molecule has 1 aliphatic heterocycles. The molecule has 2 aliphatic rings. The van der Waals surface area contributed by atoms with Gasteiger partial charge in [-0.2, -0.15) is 0 Å². The number of carbonyl (C=O) groups is 1. The second-order valence-electron chi connectivity index (χ2n) is 6.94. The third-order valence-corrected chi connectivity index (χ3v) is 5.32. The van der Waals surface area contributed by atoms with Crippen LogP contribution in [0.15, 0.2) is 30.3 Å². The maximum absolute atomic E-state index is 13.2. The molecular weight excluding hydrogens is 262 g/mol. The monoisotopic (exact) mass is 287 g/mol. The fourth-order valence-electron chi connectivity index (χ4n) is 3.86. The van der Waals surface area contributed by atoms with Crippen LogP contribution in [-0.2, 0) is 10.2 Å². The Balaban J connectivity index is 1.84. The van der Waals surface area contributed by atoms with Crippen LogP contribution in [0.5, 0.6) is 0 Å². The second-order valence-corrected chi connectivity index (χ2v) is 6.94. The standard InChI is InChI=1S/C18H25NO2/c1-17(21)11-13-19(14-12-17)16(20)18(9-5-6-10-18)15-7-3-2-4-8-15/h2-4,7-8,21H,5-6,9-14H2,1H3. The minimum Gasteiger partial charge on any atom is -0.390 e. The fraction of sp³-hybridized carbons (Fsp3) is 0.611. The van der Waals surface area contributed by atoms with Crippen molar-refractivity contribution in [3.05, 3.63) is 35.9 Å². The lowest BCUT2D eigenvalue weighted by atomic mass is 9.77. The van der Waals surface area contributed by atoms with E-state index in [2.05, 4.69) is 12.1 Å². The van der Waals surface area contributed by atoms with Gasteiger partial charge < -0.3 is 10.0 Å². The van der Waals surface area contributed by atoms with Crippen LogP contribution < -0.4 is 0 Å². The minimum absolute atomic E-state index is 0.279. The maximum Gasteiger partial charge on any atom is 0.233 e. The van der Waals surface area contributed by atoms with Gasteiger partial charge in [0.1, 0.15) is 0 Å². The Kier molecular flexibility index (Phi) is 3.78. The summed E-state index contributed by atoms with van der Waals surface area (Å²) in [5.41, 5.74) is 0.251. The fourth-order valence-corrected chi connectivity index (χ4v) is 3.86. The molecular formula is C18H25NO2. The summed E-state index contributed by atoms with van der Waals surface area (Å²) in [7, 11) is 0. The lowest BCUT2D eigenvalue weighted by molar-refractivity contribution is -0.141. The van der Waals surface area contributed by atoms with Gasteiger partial charge in [0.25, 0.3) is 0 Å². The van der Waals surface area contributed by atoms with Crippen molar-refractivity contribution in [2.45, 2.75) is 56.5 Å². The van der Waals surface area contributed by atoms with E-state index in [1.165, 1.54) is 5.56 Å². The molecule has 1 N–H and O–H groups in total. The smallest absolute Gasteiger partial charge is 0.233 e. The largest absolute Gasteiger partial charge is 0.390 e. The van der Waals surface area contributed by atoms with Gasteiger partial charge >= 0.3 is 0 Å². The van der Waals surface area contributed by atoms with E-state index in [1.807, 2.05) is 30.0 Å². The molecule has 2 fully saturated rings. The van der Waals surface area contributed by atoms with Crippen molar-refractivity contribution < 1.29 is 9.90 Å². The molecule has 1 heterocycles. The Hall–Kier alpha value is -1.35. The summed E-state index contributed by atoms with van der Waals surface area (Å²) >= 11 is 0. The van der Waals surface area contributed by atoms with Gasteiger partial charge in [0.05, 0.1) is 11.0 Å². The molecule has 0 spiro atoms. The predicted molar refractivity (Wildman–Crippen MR) is 83.0 cm³/mol. The van der Waals surface area contributed by atoms with E-state index in [-0.39, 0.29) is 11.3 Å². The maximum atomic E-state index is 13.2. The number of benzene rings is 1. The van der Waals surface area contributed by atoms with Crippen molar-refractivity contribution >= 4 is 5.91 Å². The Labute approximate surface area is 127 Å². The molecule has 1 saturated carbocycles. The quantitative estimate of drug-likeness (QED) is 0.908. The topological polar surface area (TPSA) is 40.5 Å². The summed E-state index contributed by atoms with van der Waals surface area (Å²) in [6.07, 6.45) is 5.55. The highest BCUT2D eigenvalue weighted by molar-refractivity contribution is 5.88. The van der Waals surface area contributed by atoms with Gasteiger partial charge in [-0.1, -0.05) is 43.2 Å². The summed E-state index contributed by atoms with van der Waals surface area (Å²) in [6.45, 7) is 3.23. The average molecular weight is 287 g/mol. The van der Waals surface area contributed by atoms with Crippen LogP contribution in [0, 0.1) is 0 Å². The van der Waals surface area contributed by atoms with Crippen LogP contribution in [0.25, 0.3) is 0 Å². The first-order valence-electron chi connectivity index (χ1n) is 8.11. The van der Waals surface area contributed by atoms with Crippen molar-refractivity contribution in [3.63, 3.8) is 0 Å². The third kappa shape index (κ3) is 2.71. The molecule has 1 aliphatic carbocycles. The molecule has 0 atom stereocenters. The number of likely N-dealkylation sites (tertiary alicyclic amines) is 1. The molecule has 1 saturated heterocycles. The van der Waals surface area contributed by atoms with Gasteiger partial charge in [-0.05, 0) is 38.2 Å². The Morgan fingerprint density at radius 1 is 1.05 bits per heavy atom. The summed E-state index contributed by atoms with van der Waals surface area (Å²) in [6, 6.07) is 10.3. The number of rotatable bonds is 2. The Morgan fingerprint density at radius 2 is 1.62 bits per heavy atom. The zero-order chi connectivity index (χ0) is 14.9. The van der Waals surface area contributed by atoms with E-state index in [0.29, 0.717) is 25.9 Å². The van der Waals surface area contributed by atoms with Gasteiger partial charge in [0.15, 0.2) is 0 Å². The van der Waals surface area contributed by atoms with Crippen molar-refractivity contribution in [2.24, 2.45) is 0 Å². The molecule has 1 aromatic carbocycles. The van der Waals surface area contributed by atoms with Crippen LogP contribution >= 0.6 is 0 Å². The second kappa shape index (κ2) is 5.45. The summed E-state index contributed by atoms with van der Waals surface area (Å²) < 4.78 is 0. The molecule has 3 nitrogen and oxygen atoms in total. The minimum atomic E-state index is -0.605. The van der Waals surface area contributed by atoms with E-state index in [4.69, 9.17) is 0 Å². The lowest BCUT2D eigenvalue weighted by Crippen LogP contribution is -2.51. The van der Waals surface area contributed by atoms with Crippen molar-refractivity contribution in [1.82, 2.24) is 4.90 Å². The number of nitrogens with zero attached hydrogens (tertiary/aromatic N) is 1.